The largest absolute Gasteiger partial charge is 0.381 e. The van der Waals surface area contributed by atoms with Gasteiger partial charge in [0.1, 0.15) is 0 Å². The molecule has 0 aromatic rings. The van der Waals surface area contributed by atoms with Crippen molar-refractivity contribution in [1.82, 2.24) is 15.5 Å². The van der Waals surface area contributed by atoms with Gasteiger partial charge in [-0.15, -0.1) is 0 Å². The predicted molar refractivity (Wildman–Crippen MR) is 75.1 cm³/mol. The number of hydrogen-bond acceptors (Lipinski definition) is 4. The first-order chi connectivity index (χ1) is 9.29. The summed E-state index contributed by atoms with van der Waals surface area (Å²) in [5.74, 6) is 0.166. The first-order valence-corrected chi connectivity index (χ1v) is 7.61. The zero-order valence-electron chi connectivity index (χ0n) is 12.0. The number of rotatable bonds is 5. The van der Waals surface area contributed by atoms with Crippen molar-refractivity contribution in [3.05, 3.63) is 0 Å². The standard InChI is InChI=1S/C14H27N3O2/c1-2-17(13-4-3-7-15-10-13)11-14(18)16-12-5-8-19-9-6-12/h12-13,15H,2-11H2,1H3,(H,16,18). The van der Waals surface area contributed by atoms with E-state index in [0.717, 1.165) is 45.7 Å². The van der Waals surface area contributed by atoms with Gasteiger partial charge >= 0.3 is 0 Å². The number of carbonyl (C=O) groups is 1. The minimum absolute atomic E-state index is 0.166. The van der Waals surface area contributed by atoms with Crippen LogP contribution in [0.3, 0.4) is 0 Å². The maximum atomic E-state index is 12.1. The molecule has 0 radical (unpaired) electrons. The molecule has 0 spiro atoms. The Morgan fingerprint density at radius 2 is 2.16 bits per heavy atom. The second-order valence-corrected chi connectivity index (χ2v) is 5.52. The number of amides is 1. The van der Waals surface area contributed by atoms with Crippen molar-refractivity contribution in [3.63, 3.8) is 0 Å². The van der Waals surface area contributed by atoms with Gasteiger partial charge in [-0.2, -0.15) is 0 Å². The second-order valence-electron chi connectivity index (χ2n) is 5.52. The van der Waals surface area contributed by atoms with Crippen molar-refractivity contribution in [2.45, 2.75) is 44.7 Å². The molecule has 2 aliphatic heterocycles. The lowest BCUT2D eigenvalue weighted by Crippen LogP contribution is -2.51. The van der Waals surface area contributed by atoms with E-state index in [1.165, 1.54) is 12.8 Å². The Bertz CT molecular complexity index is 274. The van der Waals surface area contributed by atoms with Gasteiger partial charge in [-0.05, 0) is 38.8 Å². The summed E-state index contributed by atoms with van der Waals surface area (Å²) >= 11 is 0. The topological polar surface area (TPSA) is 53.6 Å². The first kappa shape index (κ1) is 14.8. The highest BCUT2D eigenvalue weighted by Crippen LogP contribution is 2.10. The fourth-order valence-corrected chi connectivity index (χ4v) is 2.94. The molecule has 0 aliphatic carbocycles. The second kappa shape index (κ2) is 7.82. The van der Waals surface area contributed by atoms with Gasteiger partial charge < -0.3 is 15.4 Å². The number of piperidine rings is 1. The summed E-state index contributed by atoms with van der Waals surface area (Å²) < 4.78 is 5.31. The predicted octanol–water partition coefficient (Wildman–Crippen LogP) is 0.356. The van der Waals surface area contributed by atoms with Crippen LogP contribution in [0.4, 0.5) is 0 Å². The molecule has 0 aromatic carbocycles. The van der Waals surface area contributed by atoms with Crippen LogP contribution in [0.25, 0.3) is 0 Å². The Hall–Kier alpha value is -0.650. The van der Waals surface area contributed by atoms with Gasteiger partial charge in [-0.3, -0.25) is 9.69 Å². The number of nitrogens with one attached hydrogen (secondary N) is 2. The molecule has 5 heteroatoms. The summed E-state index contributed by atoms with van der Waals surface area (Å²) in [5.41, 5.74) is 0. The molecule has 2 fully saturated rings. The van der Waals surface area contributed by atoms with Gasteiger partial charge in [-0.25, -0.2) is 0 Å². The molecule has 2 N–H and O–H groups in total. The number of likely N-dealkylation sites (N-methyl/N-ethyl adjacent to an activating group) is 1. The summed E-state index contributed by atoms with van der Waals surface area (Å²) in [4.78, 5) is 14.4. The molecule has 1 unspecified atom stereocenters. The Kier molecular flexibility index (Phi) is 6.07. The monoisotopic (exact) mass is 269 g/mol. The Balaban J connectivity index is 1.74. The fourth-order valence-electron chi connectivity index (χ4n) is 2.94. The van der Waals surface area contributed by atoms with E-state index < -0.39 is 0 Å². The van der Waals surface area contributed by atoms with E-state index in [1.54, 1.807) is 0 Å². The highest BCUT2D eigenvalue weighted by Gasteiger charge is 2.23. The van der Waals surface area contributed by atoms with E-state index in [-0.39, 0.29) is 5.91 Å². The van der Waals surface area contributed by atoms with E-state index in [4.69, 9.17) is 4.74 Å². The van der Waals surface area contributed by atoms with Crippen molar-refractivity contribution in [3.8, 4) is 0 Å². The Labute approximate surface area is 116 Å². The zero-order valence-corrected chi connectivity index (χ0v) is 12.0. The van der Waals surface area contributed by atoms with Crippen molar-refractivity contribution in [2.24, 2.45) is 0 Å². The number of nitrogens with zero attached hydrogens (tertiary/aromatic N) is 1. The van der Waals surface area contributed by atoms with Gasteiger partial charge in [0.15, 0.2) is 0 Å². The lowest BCUT2D eigenvalue weighted by Gasteiger charge is -2.34. The van der Waals surface area contributed by atoms with Gasteiger partial charge in [0.05, 0.1) is 6.54 Å². The van der Waals surface area contributed by atoms with E-state index in [9.17, 15) is 4.79 Å². The van der Waals surface area contributed by atoms with E-state index in [2.05, 4.69) is 22.5 Å². The maximum Gasteiger partial charge on any atom is 0.234 e. The number of hydrogen-bond donors (Lipinski definition) is 2. The summed E-state index contributed by atoms with van der Waals surface area (Å²) in [5, 5.41) is 6.56. The highest BCUT2D eigenvalue weighted by atomic mass is 16.5. The normalized spacial score (nSPS) is 25.5. The summed E-state index contributed by atoms with van der Waals surface area (Å²) in [6, 6.07) is 0.823. The lowest BCUT2D eigenvalue weighted by atomic mass is 10.1. The van der Waals surface area contributed by atoms with Crippen LogP contribution in [0.1, 0.15) is 32.6 Å². The van der Waals surface area contributed by atoms with Crippen molar-refractivity contribution in [1.29, 1.82) is 0 Å². The molecular weight excluding hydrogens is 242 g/mol. The molecule has 2 aliphatic rings. The van der Waals surface area contributed by atoms with Crippen molar-refractivity contribution >= 4 is 5.91 Å². The van der Waals surface area contributed by atoms with Gasteiger partial charge in [0, 0.05) is 31.8 Å². The number of ether oxygens (including phenoxy) is 1. The molecule has 2 saturated heterocycles. The zero-order chi connectivity index (χ0) is 13.5. The third kappa shape index (κ3) is 4.75. The molecule has 5 nitrogen and oxygen atoms in total. The Morgan fingerprint density at radius 1 is 1.37 bits per heavy atom. The number of carbonyl (C=O) groups excluding carboxylic acids is 1. The lowest BCUT2D eigenvalue weighted by molar-refractivity contribution is -0.124. The molecule has 19 heavy (non-hydrogen) atoms. The van der Waals surface area contributed by atoms with Gasteiger partial charge in [0.2, 0.25) is 5.91 Å². The fraction of sp³-hybridized carbons (Fsp3) is 0.929. The molecule has 110 valence electrons. The van der Waals surface area contributed by atoms with Crippen LogP contribution < -0.4 is 10.6 Å². The quantitative estimate of drug-likeness (QED) is 0.756. The van der Waals surface area contributed by atoms with E-state index in [1.807, 2.05) is 0 Å². The summed E-state index contributed by atoms with van der Waals surface area (Å²) in [6.07, 6.45) is 4.31. The summed E-state index contributed by atoms with van der Waals surface area (Å²) in [6.45, 7) is 7.27. The molecule has 0 bridgehead atoms. The molecule has 2 rings (SSSR count). The summed E-state index contributed by atoms with van der Waals surface area (Å²) in [7, 11) is 0. The Morgan fingerprint density at radius 3 is 2.79 bits per heavy atom. The average molecular weight is 269 g/mol. The third-order valence-corrected chi connectivity index (χ3v) is 4.13. The van der Waals surface area contributed by atoms with Crippen LogP contribution in [-0.4, -0.2) is 62.3 Å². The maximum absolute atomic E-state index is 12.1. The first-order valence-electron chi connectivity index (χ1n) is 7.61. The van der Waals surface area contributed by atoms with Crippen LogP contribution >= 0.6 is 0 Å². The average Bonchev–Trinajstić information content (AvgIpc) is 2.47. The van der Waals surface area contributed by atoms with Crippen molar-refractivity contribution < 1.29 is 9.53 Å². The van der Waals surface area contributed by atoms with Gasteiger partial charge in [-0.1, -0.05) is 6.92 Å². The smallest absolute Gasteiger partial charge is 0.234 e. The van der Waals surface area contributed by atoms with Crippen LogP contribution in [-0.2, 0) is 9.53 Å². The van der Waals surface area contributed by atoms with E-state index >= 15 is 0 Å². The molecular formula is C14H27N3O2. The molecule has 0 saturated carbocycles. The van der Waals surface area contributed by atoms with Crippen LogP contribution in [0.5, 0.6) is 0 Å². The minimum atomic E-state index is 0.166. The highest BCUT2D eigenvalue weighted by molar-refractivity contribution is 5.78. The molecule has 1 atom stereocenters. The molecule has 2 heterocycles. The molecule has 0 aromatic heterocycles. The van der Waals surface area contributed by atoms with Crippen LogP contribution in [0.2, 0.25) is 0 Å². The van der Waals surface area contributed by atoms with Crippen LogP contribution in [0, 0.1) is 0 Å². The SMILES string of the molecule is CCN(CC(=O)NC1CCOCC1)C1CCCNC1. The minimum Gasteiger partial charge on any atom is -0.381 e. The van der Waals surface area contributed by atoms with Gasteiger partial charge in [0.25, 0.3) is 0 Å². The van der Waals surface area contributed by atoms with Crippen LogP contribution in [0.15, 0.2) is 0 Å². The van der Waals surface area contributed by atoms with Crippen molar-refractivity contribution in [2.75, 3.05) is 39.4 Å². The third-order valence-electron chi connectivity index (χ3n) is 4.13. The molecule has 1 amide bonds. The van der Waals surface area contributed by atoms with E-state index in [0.29, 0.717) is 18.6 Å².